The second-order valence-electron chi connectivity index (χ2n) is 5.38. The van der Waals surface area contributed by atoms with E-state index in [0.717, 1.165) is 12.0 Å². The van der Waals surface area contributed by atoms with Crippen molar-refractivity contribution in [1.29, 1.82) is 0 Å². The number of benzene rings is 1. The van der Waals surface area contributed by atoms with Gasteiger partial charge in [-0.05, 0) is 37.3 Å². The van der Waals surface area contributed by atoms with E-state index >= 15 is 0 Å². The van der Waals surface area contributed by atoms with Crippen molar-refractivity contribution in [2.75, 3.05) is 0 Å². The molecule has 0 aliphatic carbocycles. The van der Waals surface area contributed by atoms with Gasteiger partial charge in [-0.2, -0.15) is 0 Å². The van der Waals surface area contributed by atoms with Crippen molar-refractivity contribution < 1.29 is 4.79 Å². The molecule has 0 fully saturated rings. The molecule has 1 atom stereocenters. The van der Waals surface area contributed by atoms with Crippen LogP contribution in [0.4, 0.5) is 0 Å². The number of hydrogen-bond acceptors (Lipinski definition) is 2. The van der Waals surface area contributed by atoms with Crippen LogP contribution in [0.2, 0.25) is 0 Å². The third kappa shape index (κ3) is 4.49. The van der Waals surface area contributed by atoms with Gasteiger partial charge in [0.25, 0.3) is 0 Å². The van der Waals surface area contributed by atoms with E-state index in [9.17, 15) is 4.79 Å². The minimum absolute atomic E-state index is 0.0660. The van der Waals surface area contributed by atoms with Gasteiger partial charge < -0.3 is 11.1 Å². The van der Waals surface area contributed by atoms with E-state index in [1.165, 1.54) is 11.1 Å². The molecule has 3 nitrogen and oxygen atoms in total. The van der Waals surface area contributed by atoms with Crippen molar-refractivity contribution in [2.45, 2.75) is 46.7 Å². The normalized spacial score (nSPS) is 12.6. The third-order valence-corrected chi connectivity index (χ3v) is 3.01. The summed E-state index contributed by atoms with van der Waals surface area (Å²) >= 11 is 0. The molecule has 0 saturated heterocycles. The predicted octanol–water partition coefficient (Wildman–Crippen LogP) is 2.29. The predicted molar refractivity (Wildman–Crippen MR) is 75.2 cm³/mol. The Kier molecular flexibility index (Phi) is 5.35. The first kappa shape index (κ1) is 14.7. The van der Waals surface area contributed by atoms with E-state index in [1.54, 1.807) is 0 Å². The molecule has 0 spiro atoms. The lowest BCUT2D eigenvalue weighted by Gasteiger charge is -2.15. The van der Waals surface area contributed by atoms with Crippen LogP contribution in [0.25, 0.3) is 0 Å². The molecule has 1 aromatic carbocycles. The molecule has 0 saturated carbocycles. The largest absolute Gasteiger partial charge is 0.351 e. The number of nitrogens with two attached hydrogens (primary N) is 1. The summed E-state index contributed by atoms with van der Waals surface area (Å²) in [6.07, 6.45) is 0.721. The van der Waals surface area contributed by atoms with Gasteiger partial charge in [0.2, 0.25) is 5.91 Å². The Bertz CT molecular complexity index is 413. The van der Waals surface area contributed by atoms with Gasteiger partial charge in [0, 0.05) is 6.54 Å². The van der Waals surface area contributed by atoms with Gasteiger partial charge in [-0.1, -0.05) is 37.6 Å². The van der Waals surface area contributed by atoms with E-state index in [0.29, 0.717) is 12.5 Å². The Morgan fingerprint density at radius 2 is 2.00 bits per heavy atom. The van der Waals surface area contributed by atoms with Crippen LogP contribution >= 0.6 is 0 Å². The van der Waals surface area contributed by atoms with Crippen molar-refractivity contribution in [3.63, 3.8) is 0 Å². The maximum atomic E-state index is 11.8. The SMILES string of the molecule is Cc1ccc(CNC(=O)C(N)CC(C)C)c(C)c1. The summed E-state index contributed by atoms with van der Waals surface area (Å²) in [5.74, 6) is 0.371. The zero-order valence-electron chi connectivity index (χ0n) is 11.8. The Hall–Kier alpha value is -1.35. The molecular formula is C15H24N2O. The Morgan fingerprint density at radius 3 is 2.56 bits per heavy atom. The summed E-state index contributed by atoms with van der Waals surface area (Å²) in [4.78, 5) is 11.8. The molecular weight excluding hydrogens is 224 g/mol. The molecule has 18 heavy (non-hydrogen) atoms. The summed E-state index contributed by atoms with van der Waals surface area (Å²) in [6.45, 7) is 8.81. The zero-order valence-corrected chi connectivity index (χ0v) is 11.8. The van der Waals surface area contributed by atoms with Gasteiger partial charge >= 0.3 is 0 Å². The summed E-state index contributed by atoms with van der Waals surface area (Å²) < 4.78 is 0. The third-order valence-electron chi connectivity index (χ3n) is 3.01. The number of carbonyl (C=O) groups is 1. The van der Waals surface area contributed by atoms with Crippen LogP contribution in [0, 0.1) is 19.8 Å². The minimum atomic E-state index is -0.407. The molecule has 1 rings (SSSR count). The fraction of sp³-hybridized carbons (Fsp3) is 0.533. The summed E-state index contributed by atoms with van der Waals surface area (Å²) in [5.41, 5.74) is 9.41. The molecule has 0 heterocycles. The highest BCUT2D eigenvalue weighted by Gasteiger charge is 2.14. The lowest BCUT2D eigenvalue weighted by Crippen LogP contribution is -2.41. The number of aryl methyl sites for hydroxylation is 2. The number of carbonyl (C=O) groups excluding carboxylic acids is 1. The first-order valence-electron chi connectivity index (χ1n) is 6.49. The van der Waals surface area contributed by atoms with E-state index in [2.05, 4.69) is 51.2 Å². The van der Waals surface area contributed by atoms with Gasteiger partial charge in [-0.25, -0.2) is 0 Å². The molecule has 3 heteroatoms. The fourth-order valence-electron chi connectivity index (χ4n) is 1.97. The van der Waals surface area contributed by atoms with Gasteiger partial charge in [0.1, 0.15) is 0 Å². The van der Waals surface area contributed by atoms with E-state index < -0.39 is 6.04 Å². The second kappa shape index (κ2) is 6.55. The highest BCUT2D eigenvalue weighted by Crippen LogP contribution is 2.10. The van der Waals surface area contributed by atoms with E-state index in [1.807, 2.05) is 0 Å². The monoisotopic (exact) mass is 248 g/mol. The smallest absolute Gasteiger partial charge is 0.237 e. The molecule has 3 N–H and O–H groups in total. The molecule has 0 aliphatic rings. The maximum Gasteiger partial charge on any atom is 0.237 e. The number of rotatable bonds is 5. The van der Waals surface area contributed by atoms with Crippen molar-refractivity contribution in [3.8, 4) is 0 Å². The highest BCUT2D eigenvalue weighted by molar-refractivity contribution is 5.81. The van der Waals surface area contributed by atoms with Crippen molar-refractivity contribution in [1.82, 2.24) is 5.32 Å². The topological polar surface area (TPSA) is 55.1 Å². The molecule has 1 aromatic rings. The summed E-state index contributed by atoms with van der Waals surface area (Å²) in [5, 5.41) is 2.90. The number of hydrogen-bond donors (Lipinski definition) is 2. The molecule has 0 bridgehead atoms. The van der Waals surface area contributed by atoms with Crippen LogP contribution in [0.1, 0.15) is 37.0 Å². The standard InChI is InChI=1S/C15H24N2O/c1-10(2)7-14(16)15(18)17-9-13-6-5-11(3)8-12(13)4/h5-6,8,10,14H,7,9,16H2,1-4H3,(H,17,18). The first-order chi connectivity index (χ1) is 8.40. The van der Waals surface area contributed by atoms with Crippen LogP contribution in [0.15, 0.2) is 18.2 Å². The van der Waals surface area contributed by atoms with Crippen molar-refractivity contribution in [2.24, 2.45) is 11.7 Å². The fourth-order valence-corrected chi connectivity index (χ4v) is 1.97. The molecule has 1 amide bonds. The Morgan fingerprint density at radius 1 is 1.33 bits per heavy atom. The lowest BCUT2D eigenvalue weighted by atomic mass is 10.0. The number of amides is 1. The van der Waals surface area contributed by atoms with Crippen LogP contribution in [0.3, 0.4) is 0 Å². The lowest BCUT2D eigenvalue weighted by molar-refractivity contribution is -0.122. The maximum absolute atomic E-state index is 11.8. The van der Waals surface area contributed by atoms with Crippen LogP contribution in [-0.4, -0.2) is 11.9 Å². The summed E-state index contributed by atoms with van der Waals surface area (Å²) in [7, 11) is 0. The van der Waals surface area contributed by atoms with Crippen LogP contribution in [-0.2, 0) is 11.3 Å². The van der Waals surface area contributed by atoms with Gasteiger partial charge in [0.05, 0.1) is 6.04 Å². The summed E-state index contributed by atoms with van der Waals surface area (Å²) in [6, 6.07) is 5.83. The van der Waals surface area contributed by atoms with Gasteiger partial charge in [0.15, 0.2) is 0 Å². The van der Waals surface area contributed by atoms with Gasteiger partial charge in [-0.3, -0.25) is 4.79 Å². The second-order valence-corrected chi connectivity index (χ2v) is 5.38. The molecule has 0 aromatic heterocycles. The van der Waals surface area contributed by atoms with Gasteiger partial charge in [-0.15, -0.1) is 0 Å². The molecule has 0 aliphatic heterocycles. The average molecular weight is 248 g/mol. The molecule has 0 radical (unpaired) electrons. The van der Waals surface area contributed by atoms with E-state index in [-0.39, 0.29) is 5.91 Å². The van der Waals surface area contributed by atoms with Crippen LogP contribution in [0.5, 0.6) is 0 Å². The molecule has 100 valence electrons. The Labute approximate surface area is 110 Å². The highest BCUT2D eigenvalue weighted by atomic mass is 16.2. The minimum Gasteiger partial charge on any atom is -0.351 e. The van der Waals surface area contributed by atoms with Crippen molar-refractivity contribution >= 4 is 5.91 Å². The average Bonchev–Trinajstić information content (AvgIpc) is 2.26. The first-order valence-corrected chi connectivity index (χ1v) is 6.49. The zero-order chi connectivity index (χ0) is 13.7. The van der Waals surface area contributed by atoms with Crippen LogP contribution < -0.4 is 11.1 Å². The van der Waals surface area contributed by atoms with E-state index in [4.69, 9.17) is 5.73 Å². The molecule has 1 unspecified atom stereocenters. The quantitative estimate of drug-likeness (QED) is 0.840. The Balaban J connectivity index is 2.52. The van der Waals surface area contributed by atoms with Crippen molar-refractivity contribution in [3.05, 3.63) is 34.9 Å². The number of nitrogens with one attached hydrogen (secondary N) is 1.